The van der Waals surface area contributed by atoms with Crippen LogP contribution in [0.2, 0.25) is 0 Å². The standard InChI is InChI=1S/C32H22O4/c33-31(23-16-20-26(21-17-23)35-25-8-2-1-3-9-25)22-14-18-24(19-15-22)32(34)27-10-4-6-12-29(27)36-30-13-7-5-11-28(30)32/h1-21,34H. The third kappa shape index (κ3) is 3.74. The minimum atomic E-state index is -1.40. The van der Waals surface area contributed by atoms with E-state index in [1.165, 1.54) is 0 Å². The number of aliphatic hydroxyl groups is 1. The van der Waals surface area contributed by atoms with Gasteiger partial charge in [0.1, 0.15) is 28.6 Å². The summed E-state index contributed by atoms with van der Waals surface area (Å²) in [5, 5.41) is 12.1. The highest BCUT2D eigenvalue weighted by Crippen LogP contribution is 2.49. The first kappa shape index (κ1) is 21.8. The molecule has 0 aliphatic carbocycles. The van der Waals surface area contributed by atoms with Crippen LogP contribution < -0.4 is 9.47 Å². The van der Waals surface area contributed by atoms with Gasteiger partial charge in [-0.1, -0.05) is 78.9 Å². The Balaban J connectivity index is 1.29. The van der Waals surface area contributed by atoms with Crippen LogP contribution in [-0.2, 0) is 5.60 Å². The van der Waals surface area contributed by atoms with Crippen LogP contribution in [0.5, 0.6) is 23.0 Å². The molecule has 0 fully saturated rings. The Bertz CT molecular complexity index is 1490. The van der Waals surface area contributed by atoms with Crippen LogP contribution in [0.25, 0.3) is 0 Å². The van der Waals surface area contributed by atoms with Crippen molar-refractivity contribution in [2.45, 2.75) is 5.60 Å². The molecule has 0 saturated carbocycles. The normalized spacial score (nSPS) is 13.1. The zero-order valence-corrected chi connectivity index (χ0v) is 19.3. The van der Waals surface area contributed by atoms with E-state index >= 15 is 0 Å². The van der Waals surface area contributed by atoms with Gasteiger partial charge in [-0.05, 0) is 54.1 Å². The Morgan fingerprint density at radius 1 is 0.583 bits per heavy atom. The Kier molecular flexibility index (Phi) is 5.36. The third-order valence-electron chi connectivity index (χ3n) is 6.43. The molecular weight excluding hydrogens is 448 g/mol. The first-order chi connectivity index (χ1) is 17.6. The van der Waals surface area contributed by atoms with E-state index in [1.54, 1.807) is 48.5 Å². The van der Waals surface area contributed by atoms with Crippen LogP contribution in [0.15, 0.2) is 127 Å². The Morgan fingerprint density at radius 3 is 1.64 bits per heavy atom. The third-order valence-corrected chi connectivity index (χ3v) is 6.43. The second kappa shape index (κ2) is 8.84. The summed E-state index contributed by atoms with van der Waals surface area (Å²) in [4.78, 5) is 13.2. The Hall–Kier alpha value is -4.67. The molecule has 0 saturated heterocycles. The summed E-state index contributed by atoms with van der Waals surface area (Å²) in [5.74, 6) is 2.51. The highest BCUT2D eigenvalue weighted by atomic mass is 16.5. The van der Waals surface area contributed by atoms with Crippen LogP contribution in [0.1, 0.15) is 32.6 Å². The van der Waals surface area contributed by atoms with Gasteiger partial charge in [-0.2, -0.15) is 0 Å². The zero-order chi connectivity index (χ0) is 24.5. The molecule has 0 amide bonds. The van der Waals surface area contributed by atoms with Gasteiger partial charge in [0.15, 0.2) is 5.78 Å². The number of benzene rings is 5. The van der Waals surface area contributed by atoms with Crippen LogP contribution in [0, 0.1) is 0 Å². The van der Waals surface area contributed by atoms with Crippen molar-refractivity contribution < 1.29 is 19.4 Å². The number of rotatable bonds is 5. The van der Waals surface area contributed by atoms with Crippen LogP contribution in [-0.4, -0.2) is 10.9 Å². The molecule has 1 heterocycles. The quantitative estimate of drug-likeness (QED) is 0.278. The summed E-state index contributed by atoms with van der Waals surface area (Å²) in [6, 6.07) is 38.6. The molecule has 0 atom stereocenters. The van der Waals surface area contributed by atoms with Crippen molar-refractivity contribution in [3.8, 4) is 23.0 Å². The smallest absolute Gasteiger partial charge is 0.193 e. The Labute approximate surface area is 209 Å². The Morgan fingerprint density at radius 2 is 1.06 bits per heavy atom. The second-order valence-electron chi connectivity index (χ2n) is 8.65. The molecule has 0 unspecified atom stereocenters. The molecule has 4 nitrogen and oxygen atoms in total. The van der Waals surface area contributed by atoms with E-state index in [4.69, 9.17) is 9.47 Å². The minimum absolute atomic E-state index is 0.104. The molecule has 174 valence electrons. The maximum atomic E-state index is 13.2. The largest absolute Gasteiger partial charge is 0.457 e. The van der Waals surface area contributed by atoms with Gasteiger partial charge < -0.3 is 14.6 Å². The van der Waals surface area contributed by atoms with Gasteiger partial charge in [0.25, 0.3) is 0 Å². The number of para-hydroxylation sites is 3. The fourth-order valence-electron chi connectivity index (χ4n) is 4.61. The average molecular weight is 471 g/mol. The zero-order valence-electron chi connectivity index (χ0n) is 19.3. The molecule has 0 bridgehead atoms. The summed E-state index contributed by atoms with van der Waals surface area (Å²) in [7, 11) is 0. The van der Waals surface area contributed by atoms with Crippen LogP contribution >= 0.6 is 0 Å². The SMILES string of the molecule is O=C(c1ccc(Oc2ccccc2)cc1)c1ccc(C2(O)c3ccccc3Oc3ccccc32)cc1. The molecule has 0 aromatic heterocycles. The van der Waals surface area contributed by atoms with Crippen molar-refractivity contribution in [3.05, 3.63) is 155 Å². The lowest BCUT2D eigenvalue weighted by atomic mass is 9.78. The average Bonchev–Trinajstić information content (AvgIpc) is 2.94. The molecule has 5 aromatic rings. The monoisotopic (exact) mass is 470 g/mol. The minimum Gasteiger partial charge on any atom is -0.457 e. The first-order valence-corrected chi connectivity index (χ1v) is 11.7. The van der Waals surface area contributed by atoms with E-state index in [1.807, 2.05) is 78.9 Å². The lowest BCUT2D eigenvalue weighted by Gasteiger charge is -2.36. The van der Waals surface area contributed by atoms with Crippen LogP contribution in [0.4, 0.5) is 0 Å². The van der Waals surface area contributed by atoms with Crippen molar-refractivity contribution in [1.29, 1.82) is 0 Å². The number of hydrogen-bond acceptors (Lipinski definition) is 4. The summed E-state index contributed by atoms with van der Waals surface area (Å²) in [6.45, 7) is 0. The van der Waals surface area contributed by atoms with Crippen molar-refractivity contribution in [1.82, 2.24) is 0 Å². The maximum Gasteiger partial charge on any atom is 0.193 e. The summed E-state index contributed by atoms with van der Waals surface area (Å²) < 4.78 is 11.9. The number of carbonyl (C=O) groups is 1. The lowest BCUT2D eigenvalue weighted by Crippen LogP contribution is -2.32. The van der Waals surface area contributed by atoms with E-state index in [-0.39, 0.29) is 5.78 Å². The predicted molar refractivity (Wildman–Crippen MR) is 138 cm³/mol. The number of ether oxygens (including phenoxy) is 2. The van der Waals surface area contributed by atoms with Gasteiger partial charge in [-0.15, -0.1) is 0 Å². The van der Waals surface area contributed by atoms with Crippen molar-refractivity contribution in [3.63, 3.8) is 0 Å². The molecule has 4 heteroatoms. The number of hydrogen-bond donors (Lipinski definition) is 1. The van der Waals surface area contributed by atoms with Gasteiger partial charge >= 0.3 is 0 Å². The summed E-state index contributed by atoms with van der Waals surface area (Å²) >= 11 is 0. The predicted octanol–water partition coefficient (Wildman–Crippen LogP) is 7.10. The highest BCUT2D eigenvalue weighted by Gasteiger charge is 2.41. The molecule has 36 heavy (non-hydrogen) atoms. The maximum absolute atomic E-state index is 13.2. The molecule has 1 N–H and O–H groups in total. The fourth-order valence-corrected chi connectivity index (χ4v) is 4.61. The first-order valence-electron chi connectivity index (χ1n) is 11.7. The van der Waals surface area contributed by atoms with Gasteiger partial charge in [-0.25, -0.2) is 0 Å². The summed E-state index contributed by atoms with van der Waals surface area (Å²) in [6.07, 6.45) is 0. The molecule has 1 aliphatic heterocycles. The van der Waals surface area contributed by atoms with Gasteiger partial charge in [0, 0.05) is 22.3 Å². The molecule has 1 aliphatic rings. The second-order valence-corrected chi connectivity index (χ2v) is 8.65. The molecule has 6 rings (SSSR count). The van der Waals surface area contributed by atoms with Crippen molar-refractivity contribution in [2.24, 2.45) is 0 Å². The number of ketones is 1. The van der Waals surface area contributed by atoms with E-state index in [0.717, 1.165) is 5.75 Å². The van der Waals surface area contributed by atoms with Gasteiger partial charge in [-0.3, -0.25) is 4.79 Å². The van der Waals surface area contributed by atoms with E-state index < -0.39 is 5.60 Å². The number of fused-ring (bicyclic) bond motifs is 2. The molecule has 0 spiro atoms. The number of carbonyl (C=O) groups excluding carboxylic acids is 1. The van der Waals surface area contributed by atoms with E-state index in [2.05, 4.69) is 0 Å². The fraction of sp³-hybridized carbons (Fsp3) is 0.0312. The van der Waals surface area contributed by atoms with Gasteiger partial charge in [0.05, 0.1) is 0 Å². The molecule has 5 aromatic carbocycles. The molecule has 0 radical (unpaired) electrons. The van der Waals surface area contributed by atoms with Gasteiger partial charge in [0.2, 0.25) is 0 Å². The highest BCUT2D eigenvalue weighted by molar-refractivity contribution is 6.09. The summed E-state index contributed by atoms with van der Waals surface area (Å²) in [5.41, 5.74) is 1.68. The van der Waals surface area contributed by atoms with E-state index in [9.17, 15) is 9.90 Å². The van der Waals surface area contributed by atoms with Crippen molar-refractivity contribution >= 4 is 5.78 Å². The molecular formula is C32H22O4. The van der Waals surface area contributed by atoms with E-state index in [0.29, 0.717) is 45.1 Å². The van der Waals surface area contributed by atoms with Crippen LogP contribution in [0.3, 0.4) is 0 Å². The topological polar surface area (TPSA) is 55.8 Å². The van der Waals surface area contributed by atoms with Crippen molar-refractivity contribution in [2.75, 3.05) is 0 Å². The lowest BCUT2D eigenvalue weighted by molar-refractivity contribution is 0.103.